The first-order valence-corrected chi connectivity index (χ1v) is 23.7. The zero-order valence-corrected chi connectivity index (χ0v) is 45.3. The van der Waals surface area contributed by atoms with E-state index in [-0.39, 0.29) is 70.0 Å². The Morgan fingerprint density at radius 2 is 1.07 bits per heavy atom. The minimum absolute atomic E-state index is 0. The Morgan fingerprint density at radius 3 is 1.64 bits per heavy atom. The lowest BCUT2D eigenvalue weighted by molar-refractivity contribution is -0.439. The molecule has 2 aliphatic heterocycles. The van der Waals surface area contributed by atoms with Crippen molar-refractivity contribution < 1.29 is 62.9 Å². The van der Waals surface area contributed by atoms with Crippen LogP contribution in [0.3, 0.4) is 0 Å². The number of carbonyl (C=O) groups is 2. The molecule has 70 heavy (non-hydrogen) atoms. The molecule has 0 radical (unpaired) electrons. The van der Waals surface area contributed by atoms with Crippen LogP contribution in [0.4, 0.5) is 22.7 Å². The standard InChI is InChI=1S/C27H31NO2.C17H23NO2.C15H14N2.2BrH.ClH/c1-27(2)23-17-11-12-18-24(23)28(21-13-5-10-20-26(29)30)25(27)19-9-4-8-16-22-14-6-3-7-15-22;1-13-17(2,3)14-9-6-7-10-15(14)18(13)12-8-4-5-11-16(19)20;1-3-8-14(9-4-1)16-12-7-13-17-15-10-5-2-6-11-15;;;/h3-4,6-9,11-12,14-15,17-19H,5,10,13,16,20-21H2,1-2H3;6-7,9-10H,4-5,8,11-12H2,1-3H3;1-13,16H;3*1H/b;;12-7+,17-13?;;;. The van der Waals surface area contributed by atoms with Crippen molar-refractivity contribution in [2.45, 2.75) is 103 Å². The van der Waals surface area contributed by atoms with Crippen molar-refractivity contribution in [1.29, 1.82) is 0 Å². The second-order valence-electron chi connectivity index (χ2n) is 17.9. The van der Waals surface area contributed by atoms with Gasteiger partial charge >= 0.3 is 11.9 Å². The number of aliphatic imine (C=N–C) groups is 1. The molecule has 0 atom stereocenters. The Bertz CT molecular complexity index is 2550. The minimum atomic E-state index is -0.708. The summed E-state index contributed by atoms with van der Waals surface area (Å²) < 4.78 is 4.81. The molecule has 5 aromatic carbocycles. The van der Waals surface area contributed by atoms with Crippen LogP contribution in [-0.4, -0.2) is 62.0 Å². The van der Waals surface area contributed by atoms with Crippen LogP contribution in [0.2, 0.25) is 0 Å². The molecule has 0 amide bonds. The van der Waals surface area contributed by atoms with E-state index in [0.717, 1.165) is 69.4 Å². The van der Waals surface area contributed by atoms with E-state index in [2.05, 4.69) is 151 Å². The topological polar surface area (TPSA) is 105 Å². The Hall–Kier alpha value is -5.68. The van der Waals surface area contributed by atoms with Crippen molar-refractivity contribution in [2.24, 2.45) is 4.99 Å². The van der Waals surface area contributed by atoms with Crippen LogP contribution in [0.5, 0.6) is 0 Å². The predicted octanol–water partition coefficient (Wildman–Crippen LogP) is 8.24. The number of rotatable bonds is 20. The number of allylic oxidation sites excluding steroid dienone is 5. The number of nitrogens with zero attached hydrogens (tertiary/aromatic N) is 3. The molecule has 0 fully saturated rings. The lowest BCUT2D eigenvalue weighted by Crippen LogP contribution is -3.00. The van der Waals surface area contributed by atoms with E-state index in [4.69, 9.17) is 10.2 Å². The van der Waals surface area contributed by atoms with Gasteiger partial charge in [0, 0.05) is 80.0 Å². The highest BCUT2D eigenvalue weighted by molar-refractivity contribution is 6.03. The summed E-state index contributed by atoms with van der Waals surface area (Å²) in [6, 6.07) is 47.5. The van der Waals surface area contributed by atoms with Gasteiger partial charge in [0.2, 0.25) is 11.4 Å². The average molecular weight is 1100 g/mol. The van der Waals surface area contributed by atoms with Gasteiger partial charge in [-0.25, -0.2) is 0 Å². The first-order chi connectivity index (χ1) is 32.4. The Balaban J connectivity index is 0.000000369. The van der Waals surface area contributed by atoms with E-state index < -0.39 is 11.9 Å². The molecule has 0 aliphatic carbocycles. The van der Waals surface area contributed by atoms with Crippen molar-refractivity contribution in [3.63, 3.8) is 0 Å². The summed E-state index contributed by atoms with van der Waals surface area (Å²) in [6.45, 7) is 13.2. The molecule has 2 aliphatic rings. The summed E-state index contributed by atoms with van der Waals surface area (Å²) in [4.78, 5) is 25.5. The maximum atomic E-state index is 10.8. The molecular weight excluding hydrogens is 1020 g/mol. The average Bonchev–Trinajstić information content (AvgIpc) is 3.66. The maximum absolute atomic E-state index is 10.8. The van der Waals surface area contributed by atoms with Crippen molar-refractivity contribution >= 4 is 64.7 Å². The molecule has 5 aromatic rings. The zero-order chi connectivity index (χ0) is 47.9. The van der Waals surface area contributed by atoms with E-state index in [1.54, 1.807) is 6.21 Å². The van der Waals surface area contributed by atoms with E-state index in [0.29, 0.717) is 0 Å². The van der Waals surface area contributed by atoms with Gasteiger partial charge in [0.05, 0.1) is 16.5 Å². The van der Waals surface area contributed by atoms with Gasteiger partial charge < -0.3 is 49.5 Å². The molecule has 0 unspecified atom stereocenters. The van der Waals surface area contributed by atoms with E-state index in [1.807, 2.05) is 79.0 Å². The van der Waals surface area contributed by atoms with Crippen LogP contribution in [0.1, 0.15) is 103 Å². The fourth-order valence-electron chi connectivity index (χ4n) is 8.47. The number of aliphatic carboxylic acids is 2. The van der Waals surface area contributed by atoms with Crippen LogP contribution in [0, 0.1) is 0 Å². The van der Waals surface area contributed by atoms with Crippen molar-refractivity contribution in [3.05, 3.63) is 193 Å². The monoisotopic (exact) mass is 1090 g/mol. The highest BCUT2D eigenvalue weighted by Crippen LogP contribution is 2.41. The summed E-state index contributed by atoms with van der Waals surface area (Å²) in [5.41, 5.74) is 11.4. The Kier molecular flexibility index (Phi) is 27.2. The highest BCUT2D eigenvalue weighted by Gasteiger charge is 2.44. The number of para-hydroxylation sites is 4. The van der Waals surface area contributed by atoms with Crippen LogP contribution >= 0.6 is 12.4 Å². The number of fused-ring (bicyclic) bond motifs is 2. The van der Waals surface area contributed by atoms with Gasteiger partial charge in [0.15, 0.2) is 11.4 Å². The number of hydrogen-bond acceptors (Lipinski definition) is 4. The normalized spacial score (nSPS) is 13.9. The third-order valence-corrected chi connectivity index (χ3v) is 12.4. The Labute approximate surface area is 444 Å². The molecule has 2 heterocycles. The third-order valence-electron chi connectivity index (χ3n) is 12.4. The fraction of sp³-hybridized carbons (Fsp3) is 0.305. The van der Waals surface area contributed by atoms with Gasteiger partial charge in [-0.3, -0.25) is 14.6 Å². The smallest absolute Gasteiger partial charge is 0.303 e. The third kappa shape index (κ3) is 18.6. The molecule has 8 nitrogen and oxygen atoms in total. The van der Waals surface area contributed by atoms with Gasteiger partial charge in [-0.2, -0.15) is 9.15 Å². The molecule has 0 bridgehead atoms. The molecule has 0 saturated carbocycles. The van der Waals surface area contributed by atoms with Crippen LogP contribution in [-0.2, 0) is 26.8 Å². The Morgan fingerprint density at radius 1 is 0.586 bits per heavy atom. The van der Waals surface area contributed by atoms with Crippen molar-refractivity contribution in [1.82, 2.24) is 0 Å². The lowest BCUT2D eigenvalue weighted by Gasteiger charge is -2.15. The number of unbranched alkanes of at least 4 members (excludes halogenated alkanes) is 4. The summed E-state index contributed by atoms with van der Waals surface area (Å²) in [5, 5.41) is 20.7. The van der Waals surface area contributed by atoms with Gasteiger partial charge in [0.25, 0.3) is 0 Å². The second-order valence-corrected chi connectivity index (χ2v) is 17.9. The first kappa shape index (κ1) is 60.4. The number of hydrogen-bond donors (Lipinski definition) is 3. The van der Waals surface area contributed by atoms with Crippen molar-refractivity contribution in [3.8, 4) is 0 Å². The van der Waals surface area contributed by atoms with E-state index in [1.165, 1.54) is 39.5 Å². The number of anilines is 1. The highest BCUT2D eigenvalue weighted by atomic mass is 79.9. The van der Waals surface area contributed by atoms with E-state index >= 15 is 0 Å². The quantitative estimate of drug-likeness (QED) is 0.0316. The van der Waals surface area contributed by atoms with Crippen molar-refractivity contribution in [2.75, 3.05) is 18.4 Å². The van der Waals surface area contributed by atoms with Gasteiger partial charge in [-0.15, -0.1) is 12.4 Å². The molecular formula is C59H71Br2ClN4O4. The van der Waals surface area contributed by atoms with Crippen LogP contribution in [0.25, 0.3) is 0 Å². The number of benzene rings is 5. The zero-order valence-electron chi connectivity index (χ0n) is 41.3. The first-order valence-electron chi connectivity index (χ1n) is 23.7. The number of carboxylic acids is 2. The fourth-order valence-corrected chi connectivity index (χ4v) is 8.47. The van der Waals surface area contributed by atoms with Crippen LogP contribution in [0.15, 0.2) is 181 Å². The number of halogens is 3. The molecule has 0 aromatic heterocycles. The summed E-state index contributed by atoms with van der Waals surface area (Å²) in [5.74, 6) is -1.40. The van der Waals surface area contributed by atoms with E-state index in [9.17, 15) is 9.59 Å². The van der Waals surface area contributed by atoms with Gasteiger partial charge in [0.1, 0.15) is 13.1 Å². The summed E-state index contributed by atoms with van der Waals surface area (Å²) >= 11 is 0. The SMILES string of the molecule is C(/C=C/Nc1ccccc1)=Nc1ccccc1.CC1(C)C(C=CC=CCc2ccccc2)=[N+](CCCCCC(=O)O)c2ccccc21.CC1=[N+](CCCCCC(=O)O)c2ccccc2C1(C)C.Cl.[Br-].[Br-]. The molecule has 0 saturated heterocycles. The number of carboxylic acid groups (broad SMARTS) is 2. The summed E-state index contributed by atoms with van der Waals surface area (Å²) in [6.07, 6.45) is 21.1. The predicted molar refractivity (Wildman–Crippen MR) is 286 cm³/mol. The summed E-state index contributed by atoms with van der Waals surface area (Å²) in [7, 11) is 0. The minimum Gasteiger partial charge on any atom is -1.00 e. The largest absolute Gasteiger partial charge is 1.00 e. The molecule has 0 spiro atoms. The lowest BCUT2D eigenvalue weighted by atomic mass is 9.81. The molecule has 11 heteroatoms. The molecule has 7 rings (SSSR count). The number of nitrogens with one attached hydrogen (secondary N) is 1. The second kappa shape index (κ2) is 31.5. The molecule has 3 N–H and O–H groups in total. The maximum Gasteiger partial charge on any atom is 0.303 e. The van der Waals surface area contributed by atoms with Gasteiger partial charge in [-0.05, 0) is 95.7 Å². The van der Waals surface area contributed by atoms with Gasteiger partial charge in [-0.1, -0.05) is 121 Å². The molecule has 372 valence electrons. The van der Waals surface area contributed by atoms with Crippen LogP contribution < -0.4 is 39.3 Å².